The van der Waals surface area contributed by atoms with Gasteiger partial charge in [-0.1, -0.05) is 55.8 Å². The summed E-state index contributed by atoms with van der Waals surface area (Å²) in [4.78, 5) is 24.9. The van der Waals surface area contributed by atoms with Crippen LogP contribution in [0, 0.1) is 10.1 Å². The molecular weight excluding hydrogens is 332 g/mol. The van der Waals surface area contributed by atoms with Gasteiger partial charge in [0.25, 0.3) is 5.69 Å². The Morgan fingerprint density at radius 2 is 1.81 bits per heavy atom. The van der Waals surface area contributed by atoms with E-state index in [1.165, 1.54) is 12.1 Å². The molecule has 0 fully saturated rings. The van der Waals surface area contributed by atoms with Crippen LogP contribution in [-0.2, 0) is 11.2 Å². The molecule has 0 saturated heterocycles. The third-order valence-electron chi connectivity index (χ3n) is 4.31. The third-order valence-corrected chi connectivity index (χ3v) is 4.31. The van der Waals surface area contributed by atoms with Crippen molar-refractivity contribution in [2.24, 2.45) is 0 Å². The van der Waals surface area contributed by atoms with Crippen molar-refractivity contribution in [3.8, 4) is 0 Å². The zero-order valence-corrected chi connectivity index (χ0v) is 14.9. The van der Waals surface area contributed by atoms with Gasteiger partial charge in [0.05, 0.1) is 24.0 Å². The first-order chi connectivity index (χ1) is 12.6. The molecule has 2 aromatic rings. The molecule has 0 radical (unpaired) electrons. The van der Waals surface area contributed by atoms with Gasteiger partial charge in [-0.25, -0.2) is 0 Å². The number of nitrogens with zero attached hydrogens (tertiary/aromatic N) is 2. The Morgan fingerprint density at radius 3 is 2.35 bits per heavy atom. The highest BCUT2D eigenvalue weighted by molar-refractivity contribution is 5.79. The molecular formula is C20H24N2O4. The molecule has 0 saturated carbocycles. The summed E-state index contributed by atoms with van der Waals surface area (Å²) in [6.45, 7) is 2.46. The lowest BCUT2D eigenvalue weighted by atomic mass is 10.0. The Balaban J connectivity index is 2.18. The SMILES string of the molecule is CCCCN(C(=O)Cc1ccc([N+](=O)[O-])cc1)[C@@H](CO)c1ccccc1. The summed E-state index contributed by atoms with van der Waals surface area (Å²) < 4.78 is 0. The predicted molar refractivity (Wildman–Crippen MR) is 99.7 cm³/mol. The van der Waals surface area contributed by atoms with Crippen LogP contribution >= 0.6 is 0 Å². The highest BCUT2D eigenvalue weighted by atomic mass is 16.6. The van der Waals surface area contributed by atoms with Crippen molar-refractivity contribution in [2.45, 2.75) is 32.2 Å². The number of aliphatic hydroxyl groups is 1. The molecule has 0 aliphatic heterocycles. The van der Waals surface area contributed by atoms with E-state index in [1.54, 1.807) is 17.0 Å². The molecule has 6 heteroatoms. The van der Waals surface area contributed by atoms with E-state index in [4.69, 9.17) is 0 Å². The molecule has 0 aromatic heterocycles. The zero-order chi connectivity index (χ0) is 18.9. The standard InChI is InChI=1S/C20H24N2O4/c1-2-3-13-21(19(15-23)17-7-5-4-6-8-17)20(24)14-16-9-11-18(12-10-16)22(25)26/h4-12,19,23H,2-3,13-15H2,1H3/t19-/m0/s1. The van der Waals surface area contributed by atoms with E-state index >= 15 is 0 Å². The van der Waals surface area contributed by atoms with Gasteiger partial charge in [0.15, 0.2) is 0 Å². The quantitative estimate of drug-likeness (QED) is 0.550. The normalized spacial score (nSPS) is 11.8. The van der Waals surface area contributed by atoms with E-state index in [-0.39, 0.29) is 24.6 Å². The Bertz CT molecular complexity index is 716. The van der Waals surface area contributed by atoms with Gasteiger partial charge in [-0.2, -0.15) is 0 Å². The van der Waals surface area contributed by atoms with Crippen molar-refractivity contribution < 1.29 is 14.8 Å². The second-order valence-corrected chi connectivity index (χ2v) is 6.15. The van der Waals surface area contributed by atoms with Gasteiger partial charge in [-0.3, -0.25) is 14.9 Å². The van der Waals surface area contributed by atoms with Crippen LogP contribution in [0.1, 0.15) is 36.9 Å². The lowest BCUT2D eigenvalue weighted by Crippen LogP contribution is -2.38. The topological polar surface area (TPSA) is 83.7 Å². The molecule has 1 N–H and O–H groups in total. The molecule has 138 valence electrons. The molecule has 26 heavy (non-hydrogen) atoms. The van der Waals surface area contributed by atoms with Crippen molar-refractivity contribution in [1.29, 1.82) is 0 Å². The molecule has 0 aliphatic rings. The summed E-state index contributed by atoms with van der Waals surface area (Å²) >= 11 is 0. The Labute approximate surface area is 153 Å². The number of carbonyl (C=O) groups is 1. The molecule has 2 aromatic carbocycles. The second-order valence-electron chi connectivity index (χ2n) is 6.15. The van der Waals surface area contributed by atoms with E-state index in [2.05, 4.69) is 6.92 Å². The van der Waals surface area contributed by atoms with Crippen LogP contribution in [0.4, 0.5) is 5.69 Å². The Kier molecular flexibility index (Phi) is 7.29. The number of unbranched alkanes of at least 4 members (excludes halogenated alkanes) is 1. The average molecular weight is 356 g/mol. The van der Waals surface area contributed by atoms with Crippen molar-refractivity contribution in [3.05, 3.63) is 75.8 Å². The summed E-state index contributed by atoms with van der Waals surface area (Å²) in [5.74, 6) is -0.102. The minimum absolute atomic E-state index is 0.00144. The fourth-order valence-electron chi connectivity index (χ4n) is 2.85. The number of non-ortho nitro benzene ring substituents is 1. The van der Waals surface area contributed by atoms with Crippen LogP contribution in [0.2, 0.25) is 0 Å². The molecule has 6 nitrogen and oxygen atoms in total. The van der Waals surface area contributed by atoms with E-state index in [1.807, 2.05) is 30.3 Å². The maximum Gasteiger partial charge on any atom is 0.269 e. The maximum absolute atomic E-state index is 12.9. The summed E-state index contributed by atoms with van der Waals surface area (Å²) in [5, 5.41) is 20.6. The first-order valence-corrected chi connectivity index (χ1v) is 8.75. The first kappa shape index (κ1) is 19.6. The summed E-state index contributed by atoms with van der Waals surface area (Å²) in [6, 6.07) is 15.1. The molecule has 0 aliphatic carbocycles. The predicted octanol–water partition coefficient (Wildman–Crippen LogP) is 3.50. The van der Waals surface area contributed by atoms with Gasteiger partial charge in [-0.05, 0) is 17.5 Å². The van der Waals surface area contributed by atoms with E-state index < -0.39 is 11.0 Å². The largest absolute Gasteiger partial charge is 0.394 e. The van der Waals surface area contributed by atoms with Crippen LogP contribution in [0.3, 0.4) is 0 Å². The van der Waals surface area contributed by atoms with Crippen molar-refractivity contribution in [2.75, 3.05) is 13.2 Å². The lowest BCUT2D eigenvalue weighted by molar-refractivity contribution is -0.384. The Morgan fingerprint density at radius 1 is 1.15 bits per heavy atom. The molecule has 0 heterocycles. The minimum atomic E-state index is -0.462. The van der Waals surface area contributed by atoms with Gasteiger partial charge in [0, 0.05) is 18.7 Å². The molecule has 0 spiro atoms. The number of aliphatic hydroxyl groups excluding tert-OH is 1. The summed E-state index contributed by atoms with van der Waals surface area (Å²) in [6.07, 6.45) is 1.93. The number of amides is 1. The van der Waals surface area contributed by atoms with Crippen molar-refractivity contribution in [1.82, 2.24) is 4.90 Å². The number of hydrogen-bond donors (Lipinski definition) is 1. The van der Waals surface area contributed by atoms with Crippen LogP contribution < -0.4 is 0 Å². The fourth-order valence-corrected chi connectivity index (χ4v) is 2.85. The summed E-state index contributed by atoms with van der Waals surface area (Å²) in [5.41, 5.74) is 1.61. The number of carbonyl (C=O) groups excluding carboxylic acids is 1. The van der Waals surface area contributed by atoms with Crippen LogP contribution in [-0.4, -0.2) is 34.0 Å². The number of rotatable bonds is 9. The number of nitro benzene ring substituents is 1. The number of benzene rings is 2. The van der Waals surface area contributed by atoms with Gasteiger partial charge in [0.2, 0.25) is 5.91 Å². The monoisotopic (exact) mass is 356 g/mol. The second kappa shape index (κ2) is 9.68. The van der Waals surface area contributed by atoms with Crippen LogP contribution in [0.15, 0.2) is 54.6 Å². The van der Waals surface area contributed by atoms with Gasteiger partial charge >= 0.3 is 0 Å². The minimum Gasteiger partial charge on any atom is -0.394 e. The highest BCUT2D eigenvalue weighted by Gasteiger charge is 2.24. The molecule has 1 atom stereocenters. The third kappa shape index (κ3) is 5.13. The average Bonchev–Trinajstić information content (AvgIpc) is 2.66. The molecule has 1 amide bonds. The van der Waals surface area contributed by atoms with Crippen LogP contribution in [0.25, 0.3) is 0 Å². The van der Waals surface area contributed by atoms with Crippen molar-refractivity contribution in [3.63, 3.8) is 0 Å². The van der Waals surface area contributed by atoms with Gasteiger partial charge < -0.3 is 10.0 Å². The molecule has 2 rings (SSSR count). The molecule has 0 unspecified atom stereocenters. The van der Waals surface area contributed by atoms with E-state index in [9.17, 15) is 20.0 Å². The van der Waals surface area contributed by atoms with Gasteiger partial charge in [0.1, 0.15) is 0 Å². The lowest BCUT2D eigenvalue weighted by Gasteiger charge is -2.31. The summed E-state index contributed by atoms with van der Waals surface area (Å²) in [7, 11) is 0. The van der Waals surface area contributed by atoms with E-state index in [0.717, 1.165) is 18.4 Å². The highest BCUT2D eigenvalue weighted by Crippen LogP contribution is 2.22. The van der Waals surface area contributed by atoms with Crippen molar-refractivity contribution >= 4 is 11.6 Å². The maximum atomic E-state index is 12.9. The smallest absolute Gasteiger partial charge is 0.269 e. The fraction of sp³-hybridized carbons (Fsp3) is 0.350. The zero-order valence-electron chi connectivity index (χ0n) is 14.9. The Hall–Kier alpha value is -2.73. The number of hydrogen-bond acceptors (Lipinski definition) is 4. The first-order valence-electron chi connectivity index (χ1n) is 8.75. The van der Waals surface area contributed by atoms with Gasteiger partial charge in [-0.15, -0.1) is 0 Å². The van der Waals surface area contributed by atoms with E-state index in [0.29, 0.717) is 12.1 Å². The number of nitro groups is 1. The molecule has 0 bridgehead atoms. The van der Waals surface area contributed by atoms with Crippen LogP contribution in [0.5, 0.6) is 0 Å².